The van der Waals surface area contributed by atoms with Gasteiger partial charge in [-0.3, -0.25) is 29.3 Å². The number of non-ortho nitro benzene ring substituents is 1. The molecule has 0 radical (unpaired) electrons. The number of anilines is 1. The maximum atomic E-state index is 12.3. The van der Waals surface area contributed by atoms with Gasteiger partial charge in [-0.15, -0.1) is 0 Å². The van der Waals surface area contributed by atoms with Gasteiger partial charge in [0.1, 0.15) is 12.1 Å². The number of nitro benzene ring substituents is 1. The Balaban J connectivity index is 2.05. The van der Waals surface area contributed by atoms with Gasteiger partial charge < -0.3 is 26.2 Å². The van der Waals surface area contributed by atoms with Gasteiger partial charge in [0.2, 0.25) is 23.6 Å². The molecule has 0 aliphatic heterocycles. The number of hydrogen-bond acceptors (Lipinski definition) is 9. The fraction of sp³-hybridized carbons (Fsp3) is 0.385. The van der Waals surface area contributed by atoms with Crippen LogP contribution in [0.1, 0.15) is 27.7 Å². The summed E-state index contributed by atoms with van der Waals surface area (Å²) >= 11 is 0. The highest BCUT2D eigenvalue weighted by atomic mass is 16.6. The second-order valence-corrected chi connectivity index (χ2v) is 8.90. The van der Waals surface area contributed by atoms with Crippen LogP contribution in [0.4, 0.5) is 22.7 Å². The minimum absolute atomic E-state index is 0.0371. The van der Waals surface area contributed by atoms with Crippen LogP contribution in [0.2, 0.25) is 0 Å². The van der Waals surface area contributed by atoms with Crippen molar-refractivity contribution in [1.29, 1.82) is 0 Å². The van der Waals surface area contributed by atoms with Crippen LogP contribution in [0.15, 0.2) is 58.8 Å². The van der Waals surface area contributed by atoms with Crippen LogP contribution in [0.25, 0.3) is 0 Å². The average molecular weight is 555 g/mol. The molecule has 0 heterocycles. The zero-order valence-electron chi connectivity index (χ0n) is 22.8. The van der Waals surface area contributed by atoms with Gasteiger partial charge in [0.15, 0.2) is 0 Å². The summed E-state index contributed by atoms with van der Waals surface area (Å²) in [6, 6.07) is 11.4. The van der Waals surface area contributed by atoms with E-state index in [9.17, 15) is 29.3 Å². The van der Waals surface area contributed by atoms with Gasteiger partial charge in [0, 0.05) is 57.8 Å². The highest BCUT2D eigenvalue weighted by Gasteiger charge is 2.16. The second-order valence-electron chi connectivity index (χ2n) is 8.90. The Morgan fingerprint density at radius 3 is 1.55 bits per heavy atom. The van der Waals surface area contributed by atoms with E-state index in [0.717, 1.165) is 5.69 Å². The quantitative estimate of drug-likeness (QED) is 0.156. The van der Waals surface area contributed by atoms with E-state index < -0.39 is 17.0 Å². The summed E-state index contributed by atoms with van der Waals surface area (Å²) in [4.78, 5) is 59.2. The highest BCUT2D eigenvalue weighted by molar-refractivity contribution is 5.87. The molecule has 0 fully saturated rings. The summed E-state index contributed by atoms with van der Waals surface area (Å²) in [6.07, 6.45) is 0. The van der Waals surface area contributed by atoms with Crippen LogP contribution in [0.3, 0.4) is 0 Å². The van der Waals surface area contributed by atoms with Crippen molar-refractivity contribution in [1.82, 2.24) is 21.3 Å². The number of nitrogens with one attached hydrogen (secondary N) is 4. The number of nitrogens with zero attached hydrogens (tertiary/aromatic N) is 4. The Labute approximate surface area is 231 Å². The molecule has 2 aromatic carbocycles. The summed E-state index contributed by atoms with van der Waals surface area (Å²) in [5.41, 5.74) is 1.77. The molecule has 0 saturated carbocycles. The predicted octanol–water partition coefficient (Wildman–Crippen LogP) is 2.10. The van der Waals surface area contributed by atoms with Crippen LogP contribution in [-0.4, -0.2) is 66.8 Å². The summed E-state index contributed by atoms with van der Waals surface area (Å²) in [5.74, 6) is -1.26. The molecule has 40 heavy (non-hydrogen) atoms. The molecule has 214 valence electrons. The molecule has 0 spiro atoms. The van der Waals surface area contributed by atoms with E-state index in [0.29, 0.717) is 24.5 Å². The van der Waals surface area contributed by atoms with Crippen molar-refractivity contribution in [3.05, 3.63) is 58.6 Å². The van der Waals surface area contributed by atoms with Crippen molar-refractivity contribution in [2.45, 2.75) is 39.8 Å². The van der Waals surface area contributed by atoms with Crippen molar-refractivity contribution < 1.29 is 24.1 Å². The molecule has 0 aromatic heterocycles. The minimum atomic E-state index is -0.680. The predicted molar refractivity (Wildman–Crippen MR) is 149 cm³/mol. The molecule has 2 rings (SSSR count). The Morgan fingerprint density at radius 2 is 1.18 bits per heavy atom. The molecular formula is C26H34N8O6. The first-order valence-corrected chi connectivity index (χ1v) is 12.6. The third-order valence-corrected chi connectivity index (χ3v) is 5.54. The number of azo groups is 1. The van der Waals surface area contributed by atoms with Crippen LogP contribution in [-0.2, 0) is 19.2 Å². The van der Waals surface area contributed by atoms with E-state index >= 15 is 0 Å². The zero-order chi connectivity index (χ0) is 29.7. The first-order chi connectivity index (χ1) is 19.0. The molecule has 14 heteroatoms. The molecule has 0 saturated heterocycles. The van der Waals surface area contributed by atoms with E-state index in [-0.39, 0.29) is 42.4 Å². The number of carbonyl (C=O) groups excluding carboxylic acids is 4. The third kappa shape index (κ3) is 10.8. The van der Waals surface area contributed by atoms with Crippen LogP contribution < -0.4 is 26.2 Å². The monoisotopic (exact) mass is 554 g/mol. The van der Waals surface area contributed by atoms with E-state index in [1.165, 1.54) is 38.1 Å². The van der Waals surface area contributed by atoms with E-state index in [1.807, 2.05) is 17.0 Å². The van der Waals surface area contributed by atoms with Gasteiger partial charge in [-0.25, -0.2) is 0 Å². The fourth-order valence-electron chi connectivity index (χ4n) is 3.53. The smallest absolute Gasteiger partial charge is 0.269 e. The third-order valence-electron chi connectivity index (χ3n) is 5.54. The number of hydrogen-bond donors (Lipinski definition) is 4. The van der Waals surface area contributed by atoms with E-state index in [2.05, 4.69) is 31.5 Å². The Hall–Kier alpha value is -4.88. The molecule has 0 bridgehead atoms. The molecule has 14 nitrogen and oxygen atoms in total. The topological polar surface area (TPSA) is 188 Å². The maximum absolute atomic E-state index is 12.3. The molecule has 2 aromatic rings. The van der Waals surface area contributed by atoms with Crippen molar-refractivity contribution in [2.75, 3.05) is 31.1 Å². The van der Waals surface area contributed by atoms with E-state index in [1.54, 1.807) is 26.0 Å². The molecule has 0 aliphatic rings. The van der Waals surface area contributed by atoms with Crippen molar-refractivity contribution in [2.24, 2.45) is 10.2 Å². The lowest BCUT2D eigenvalue weighted by molar-refractivity contribution is -0.384. The first kappa shape index (κ1) is 31.3. The van der Waals surface area contributed by atoms with Gasteiger partial charge in [0.25, 0.3) is 5.69 Å². The normalized spacial score (nSPS) is 12.2. The fourth-order valence-corrected chi connectivity index (χ4v) is 3.53. The molecule has 4 N–H and O–H groups in total. The SMILES string of the molecule is CC(=O)N[C@H](C)C(=O)NCCN(CCNC(=O)[C@@H](C)NC(C)=O)c1ccc(N=Nc2ccc([N+](=O)[O-])cc2)cc1. The van der Waals surface area contributed by atoms with Gasteiger partial charge in [-0.05, 0) is 50.2 Å². The second kappa shape index (κ2) is 15.5. The average Bonchev–Trinajstić information content (AvgIpc) is 2.90. The van der Waals surface area contributed by atoms with Crippen molar-refractivity contribution in [3.63, 3.8) is 0 Å². The lowest BCUT2D eigenvalue weighted by Gasteiger charge is -2.26. The van der Waals surface area contributed by atoms with Crippen molar-refractivity contribution in [3.8, 4) is 0 Å². The van der Waals surface area contributed by atoms with Crippen molar-refractivity contribution >= 4 is 46.4 Å². The van der Waals surface area contributed by atoms with Gasteiger partial charge in [-0.2, -0.15) is 10.2 Å². The van der Waals surface area contributed by atoms with Gasteiger partial charge >= 0.3 is 0 Å². The maximum Gasteiger partial charge on any atom is 0.269 e. The summed E-state index contributed by atoms with van der Waals surface area (Å²) in [6.45, 7) is 7.21. The molecular weight excluding hydrogens is 520 g/mol. The number of carbonyl (C=O) groups is 4. The van der Waals surface area contributed by atoms with Gasteiger partial charge in [-0.1, -0.05) is 0 Å². The summed E-state index contributed by atoms with van der Waals surface area (Å²) in [7, 11) is 0. The van der Waals surface area contributed by atoms with Gasteiger partial charge in [0.05, 0.1) is 16.3 Å². The Morgan fingerprint density at radius 1 is 0.775 bits per heavy atom. The Kier molecular flexibility index (Phi) is 12.2. The van der Waals surface area contributed by atoms with Crippen LogP contribution in [0, 0.1) is 10.1 Å². The standard InChI is InChI=1S/C26H34N8O6/c1-17(29-19(3)35)25(37)27-13-15-33(16-14-28-26(38)18(2)30-20(4)36)23-9-5-21(6-10-23)31-32-22-7-11-24(12-8-22)34(39)40/h5-12,17-18H,13-16H2,1-4H3,(H,27,37)(H,28,38)(H,29,35)(H,30,36)/t17-,18-/m1/s1. The molecule has 4 amide bonds. The molecule has 2 atom stereocenters. The lowest BCUT2D eigenvalue weighted by Crippen LogP contribution is -2.48. The number of amides is 4. The highest BCUT2D eigenvalue weighted by Crippen LogP contribution is 2.23. The number of nitro groups is 1. The largest absolute Gasteiger partial charge is 0.368 e. The van der Waals surface area contributed by atoms with E-state index in [4.69, 9.17) is 0 Å². The Bertz CT molecular complexity index is 1180. The van der Waals surface area contributed by atoms with Crippen LogP contribution in [0.5, 0.6) is 0 Å². The lowest BCUT2D eigenvalue weighted by atomic mass is 10.2. The first-order valence-electron chi connectivity index (χ1n) is 12.6. The summed E-state index contributed by atoms with van der Waals surface area (Å²) < 4.78 is 0. The minimum Gasteiger partial charge on any atom is -0.368 e. The summed E-state index contributed by atoms with van der Waals surface area (Å²) in [5, 5.41) is 29.7. The zero-order valence-corrected chi connectivity index (χ0v) is 22.8. The number of rotatable bonds is 14. The molecule has 0 unspecified atom stereocenters. The van der Waals surface area contributed by atoms with Crippen LogP contribution >= 0.6 is 0 Å². The molecule has 0 aliphatic carbocycles. The number of benzene rings is 2.